The van der Waals surface area contributed by atoms with Crippen molar-refractivity contribution in [2.75, 3.05) is 33.2 Å². The third kappa shape index (κ3) is 5.20. The molecular formula is C25H29N3O3. The van der Waals surface area contributed by atoms with Crippen molar-refractivity contribution in [1.29, 1.82) is 0 Å². The van der Waals surface area contributed by atoms with Crippen LogP contribution in [0.5, 0.6) is 5.75 Å². The van der Waals surface area contributed by atoms with E-state index in [1.807, 2.05) is 65.7 Å². The van der Waals surface area contributed by atoms with E-state index in [2.05, 4.69) is 9.89 Å². The Kier molecular flexibility index (Phi) is 6.77. The van der Waals surface area contributed by atoms with Crippen molar-refractivity contribution < 1.29 is 14.3 Å². The molecule has 6 nitrogen and oxygen atoms in total. The van der Waals surface area contributed by atoms with Gasteiger partial charge in [0, 0.05) is 44.0 Å². The monoisotopic (exact) mass is 419 g/mol. The first-order valence-electron chi connectivity index (χ1n) is 10.9. The molecule has 6 heteroatoms. The lowest BCUT2D eigenvalue weighted by atomic mass is 10.0. The number of aliphatic imine (C=N–C) groups is 1. The van der Waals surface area contributed by atoms with E-state index < -0.39 is 0 Å². The Balaban J connectivity index is 1.28. The Morgan fingerprint density at radius 2 is 1.77 bits per heavy atom. The average Bonchev–Trinajstić information content (AvgIpc) is 3.44. The molecule has 2 aliphatic heterocycles. The average molecular weight is 420 g/mol. The minimum atomic E-state index is 0.00559. The summed E-state index contributed by atoms with van der Waals surface area (Å²) in [5.74, 6) is 0.930. The first-order valence-corrected chi connectivity index (χ1v) is 10.9. The molecule has 0 N–H and O–H groups in total. The number of hydrogen-bond acceptors (Lipinski definition) is 5. The summed E-state index contributed by atoms with van der Waals surface area (Å²) in [4.78, 5) is 33.5. The van der Waals surface area contributed by atoms with Crippen LogP contribution < -0.4 is 4.74 Å². The molecule has 31 heavy (non-hydrogen) atoms. The van der Waals surface area contributed by atoms with Gasteiger partial charge in [0.1, 0.15) is 11.9 Å². The summed E-state index contributed by atoms with van der Waals surface area (Å²) in [5.41, 5.74) is 1.32. The van der Waals surface area contributed by atoms with E-state index in [1.165, 1.54) is 0 Å². The number of benzene rings is 2. The quantitative estimate of drug-likeness (QED) is 0.511. The van der Waals surface area contributed by atoms with E-state index in [4.69, 9.17) is 4.74 Å². The van der Waals surface area contributed by atoms with Crippen LogP contribution >= 0.6 is 0 Å². The number of ketones is 1. The van der Waals surface area contributed by atoms with Crippen LogP contribution in [0.4, 0.5) is 0 Å². The molecule has 0 spiro atoms. The van der Waals surface area contributed by atoms with Gasteiger partial charge in [0.25, 0.3) is 0 Å². The van der Waals surface area contributed by atoms with Crippen molar-refractivity contribution in [3.63, 3.8) is 0 Å². The van der Waals surface area contributed by atoms with Crippen LogP contribution in [0.3, 0.4) is 0 Å². The largest absolute Gasteiger partial charge is 0.489 e. The second kappa shape index (κ2) is 9.88. The Morgan fingerprint density at radius 3 is 2.52 bits per heavy atom. The van der Waals surface area contributed by atoms with Gasteiger partial charge in [-0.05, 0) is 43.5 Å². The van der Waals surface area contributed by atoms with E-state index in [9.17, 15) is 9.59 Å². The summed E-state index contributed by atoms with van der Waals surface area (Å²) in [7, 11) is 1.76. The molecule has 4 rings (SSSR count). The van der Waals surface area contributed by atoms with Gasteiger partial charge >= 0.3 is 0 Å². The van der Waals surface area contributed by atoms with Crippen LogP contribution in [0, 0.1) is 0 Å². The number of ether oxygens (including phenoxy) is 1. The number of likely N-dealkylation sites (tertiary alicyclic amines) is 2. The van der Waals surface area contributed by atoms with E-state index in [0.29, 0.717) is 17.7 Å². The van der Waals surface area contributed by atoms with Gasteiger partial charge < -0.3 is 9.64 Å². The molecule has 0 radical (unpaired) electrons. The van der Waals surface area contributed by atoms with Crippen LogP contribution in [0.25, 0.3) is 0 Å². The van der Waals surface area contributed by atoms with E-state index >= 15 is 0 Å². The Labute approximate surface area is 183 Å². The predicted molar refractivity (Wildman–Crippen MR) is 121 cm³/mol. The number of carbonyl (C=O) groups excluding carboxylic acids is 2. The molecule has 0 aliphatic carbocycles. The summed E-state index contributed by atoms with van der Waals surface area (Å²) in [6, 6.07) is 16.7. The van der Waals surface area contributed by atoms with Gasteiger partial charge in [0.15, 0.2) is 5.78 Å². The van der Waals surface area contributed by atoms with Crippen LogP contribution in [0.1, 0.15) is 35.2 Å². The van der Waals surface area contributed by atoms with E-state index in [1.54, 1.807) is 7.05 Å². The van der Waals surface area contributed by atoms with Crippen molar-refractivity contribution in [2.24, 2.45) is 4.99 Å². The highest BCUT2D eigenvalue weighted by Crippen LogP contribution is 2.21. The number of hydrogen-bond donors (Lipinski definition) is 0. The Morgan fingerprint density at radius 1 is 1.03 bits per heavy atom. The van der Waals surface area contributed by atoms with Gasteiger partial charge in [-0.25, -0.2) is 0 Å². The van der Waals surface area contributed by atoms with Gasteiger partial charge in [-0.15, -0.1) is 0 Å². The van der Waals surface area contributed by atoms with Crippen molar-refractivity contribution in [3.05, 3.63) is 65.7 Å². The lowest BCUT2D eigenvalue weighted by molar-refractivity contribution is -0.131. The Hall–Kier alpha value is -2.99. The molecule has 0 saturated carbocycles. The summed E-state index contributed by atoms with van der Waals surface area (Å²) in [5, 5.41) is 0. The first-order chi connectivity index (χ1) is 15.1. The molecular weight excluding hydrogens is 390 g/mol. The zero-order chi connectivity index (χ0) is 21.6. The molecule has 2 aliphatic rings. The fraction of sp³-hybridized carbons (Fsp3) is 0.400. The van der Waals surface area contributed by atoms with Crippen LogP contribution in [-0.2, 0) is 4.79 Å². The van der Waals surface area contributed by atoms with Crippen molar-refractivity contribution in [1.82, 2.24) is 9.80 Å². The summed E-state index contributed by atoms with van der Waals surface area (Å²) in [6.45, 7) is 2.83. The lowest BCUT2D eigenvalue weighted by Gasteiger charge is -2.24. The zero-order valence-corrected chi connectivity index (χ0v) is 17.9. The molecule has 2 aromatic rings. The maximum absolute atomic E-state index is 12.7. The van der Waals surface area contributed by atoms with Crippen LogP contribution in [0.2, 0.25) is 0 Å². The van der Waals surface area contributed by atoms with Gasteiger partial charge in [-0.3, -0.25) is 19.5 Å². The highest BCUT2D eigenvalue weighted by atomic mass is 16.5. The van der Waals surface area contributed by atoms with Crippen LogP contribution in [-0.4, -0.2) is 73.1 Å². The SMILES string of the molecule is CN=C[C@@H]1CCCN1C(=O)CN1CC[C@H](Oc2ccc(C(=O)c3ccccc3)cc2)C1. The topological polar surface area (TPSA) is 62.2 Å². The first kappa shape index (κ1) is 21.2. The van der Waals surface area contributed by atoms with Gasteiger partial charge in [0.05, 0.1) is 12.6 Å². The molecule has 2 aromatic carbocycles. The van der Waals surface area contributed by atoms with Crippen LogP contribution in [0.15, 0.2) is 59.6 Å². The minimum Gasteiger partial charge on any atom is -0.489 e. The molecule has 2 heterocycles. The Bertz CT molecular complexity index is 927. The molecule has 162 valence electrons. The number of carbonyl (C=O) groups is 2. The van der Waals surface area contributed by atoms with Crippen molar-refractivity contribution >= 4 is 17.9 Å². The molecule has 0 aromatic heterocycles. The molecule has 2 fully saturated rings. The molecule has 1 amide bonds. The number of rotatable bonds is 7. The highest BCUT2D eigenvalue weighted by Gasteiger charge is 2.31. The molecule has 2 atom stereocenters. The molecule has 0 unspecified atom stereocenters. The summed E-state index contributed by atoms with van der Waals surface area (Å²) >= 11 is 0. The van der Waals surface area contributed by atoms with E-state index in [-0.39, 0.29) is 23.8 Å². The van der Waals surface area contributed by atoms with E-state index in [0.717, 1.165) is 44.6 Å². The third-order valence-electron chi connectivity index (χ3n) is 5.98. The second-order valence-corrected chi connectivity index (χ2v) is 8.19. The lowest BCUT2D eigenvalue weighted by Crippen LogP contribution is -2.43. The maximum atomic E-state index is 12.7. The van der Waals surface area contributed by atoms with Gasteiger partial charge in [0.2, 0.25) is 5.91 Å². The van der Waals surface area contributed by atoms with Gasteiger partial charge in [-0.1, -0.05) is 30.3 Å². The molecule has 0 bridgehead atoms. The highest BCUT2D eigenvalue weighted by molar-refractivity contribution is 6.08. The third-order valence-corrected chi connectivity index (χ3v) is 5.98. The fourth-order valence-corrected chi connectivity index (χ4v) is 4.38. The normalized spacial score (nSPS) is 21.6. The van der Waals surface area contributed by atoms with Gasteiger partial charge in [-0.2, -0.15) is 0 Å². The number of nitrogens with zero attached hydrogens (tertiary/aromatic N) is 3. The predicted octanol–water partition coefficient (Wildman–Crippen LogP) is 3.06. The summed E-state index contributed by atoms with van der Waals surface area (Å²) < 4.78 is 6.11. The standard InChI is InChI=1S/C25H29N3O3/c1-26-16-21-8-5-14-28(21)24(29)18-27-15-13-23(17-27)31-22-11-9-20(10-12-22)25(30)19-6-3-2-4-7-19/h2-4,6-7,9-12,16,21,23H,5,8,13-15,17-18H2,1H3/t21-,23-/m0/s1. The van der Waals surface area contributed by atoms with Crippen molar-refractivity contribution in [2.45, 2.75) is 31.4 Å². The zero-order valence-electron chi connectivity index (χ0n) is 17.9. The minimum absolute atomic E-state index is 0.00559. The maximum Gasteiger partial charge on any atom is 0.237 e. The fourth-order valence-electron chi connectivity index (χ4n) is 4.38. The smallest absolute Gasteiger partial charge is 0.237 e. The molecule has 2 saturated heterocycles. The number of amides is 1. The summed E-state index contributed by atoms with van der Waals surface area (Å²) in [6.07, 6.45) is 4.86. The second-order valence-electron chi connectivity index (χ2n) is 8.19. The van der Waals surface area contributed by atoms with Crippen molar-refractivity contribution in [3.8, 4) is 5.75 Å².